The minimum Gasteiger partial charge on any atom is -0.385 e. The van der Waals surface area contributed by atoms with Crippen LogP contribution in [0.5, 0.6) is 0 Å². The van der Waals surface area contributed by atoms with E-state index in [0.717, 1.165) is 54.1 Å². The van der Waals surface area contributed by atoms with Crippen LogP contribution in [0.3, 0.4) is 0 Å². The van der Waals surface area contributed by atoms with Gasteiger partial charge in [0.05, 0.1) is 23.3 Å². The van der Waals surface area contributed by atoms with Gasteiger partial charge in [-0.25, -0.2) is 8.78 Å². The van der Waals surface area contributed by atoms with Crippen LogP contribution in [0.25, 0.3) is 17.3 Å². The summed E-state index contributed by atoms with van der Waals surface area (Å²) in [6.45, 7) is 5.14. The molecule has 4 rings (SSSR count). The third-order valence-corrected chi connectivity index (χ3v) is 5.73. The monoisotopic (exact) mass is 392 g/mol. The smallest absolute Gasteiger partial charge is 0.177 e. The number of rotatable bonds is 4. The highest BCUT2D eigenvalue weighted by Crippen LogP contribution is 2.50. The first kappa shape index (κ1) is 18.5. The van der Waals surface area contributed by atoms with E-state index in [1.165, 1.54) is 18.0 Å². The molecule has 0 radical (unpaired) electrons. The number of aromatic nitrogens is 1. The average molecular weight is 392 g/mol. The fourth-order valence-corrected chi connectivity index (χ4v) is 4.36. The molecule has 0 unspecified atom stereocenters. The highest BCUT2D eigenvalue weighted by atomic mass is 32.2. The van der Waals surface area contributed by atoms with Crippen molar-refractivity contribution in [3.8, 4) is 11.3 Å². The zero-order valence-electron chi connectivity index (χ0n) is 15.3. The third-order valence-electron chi connectivity index (χ3n) is 4.98. The van der Waals surface area contributed by atoms with Crippen molar-refractivity contribution >= 4 is 29.4 Å². The molecule has 1 fully saturated rings. The number of halogens is 2. The van der Waals surface area contributed by atoms with Crippen LogP contribution in [0.2, 0.25) is 0 Å². The van der Waals surface area contributed by atoms with E-state index in [1.54, 1.807) is 7.11 Å². The van der Waals surface area contributed by atoms with Crippen molar-refractivity contribution in [1.29, 1.82) is 0 Å². The van der Waals surface area contributed by atoms with E-state index in [4.69, 9.17) is 4.74 Å². The van der Waals surface area contributed by atoms with E-state index >= 15 is 0 Å². The third kappa shape index (κ3) is 3.49. The zero-order chi connectivity index (χ0) is 19.0. The Morgan fingerprint density at radius 2 is 2.22 bits per heavy atom. The van der Waals surface area contributed by atoms with Crippen LogP contribution in [-0.4, -0.2) is 44.4 Å². The Hall–Kier alpha value is -1.90. The molecule has 0 aromatic carbocycles. The number of allylic oxidation sites excluding steroid dienone is 1. The molecular formula is C19H22F2N4OS. The Morgan fingerprint density at radius 3 is 3.04 bits per heavy atom. The van der Waals surface area contributed by atoms with Gasteiger partial charge in [0.15, 0.2) is 11.6 Å². The van der Waals surface area contributed by atoms with E-state index in [-0.39, 0.29) is 0 Å². The van der Waals surface area contributed by atoms with Crippen molar-refractivity contribution in [3.05, 3.63) is 34.4 Å². The number of nitrogens with zero attached hydrogens (tertiary/aromatic N) is 2. The van der Waals surface area contributed by atoms with Gasteiger partial charge in [0.2, 0.25) is 0 Å². The van der Waals surface area contributed by atoms with E-state index in [0.29, 0.717) is 23.9 Å². The summed E-state index contributed by atoms with van der Waals surface area (Å²) in [6.07, 6.45) is 3.97. The second-order valence-corrected chi connectivity index (χ2v) is 7.89. The van der Waals surface area contributed by atoms with Gasteiger partial charge < -0.3 is 19.7 Å². The lowest BCUT2D eigenvalue weighted by Gasteiger charge is -2.36. The molecule has 27 heavy (non-hydrogen) atoms. The Balaban J connectivity index is 1.81. The van der Waals surface area contributed by atoms with Gasteiger partial charge in [0.1, 0.15) is 0 Å². The van der Waals surface area contributed by atoms with Crippen LogP contribution in [0.1, 0.15) is 18.9 Å². The first-order valence-electron chi connectivity index (χ1n) is 8.97. The van der Waals surface area contributed by atoms with Gasteiger partial charge >= 0.3 is 0 Å². The van der Waals surface area contributed by atoms with Gasteiger partial charge in [0.25, 0.3) is 0 Å². The van der Waals surface area contributed by atoms with Gasteiger partial charge in [0, 0.05) is 55.4 Å². The van der Waals surface area contributed by atoms with Crippen LogP contribution in [-0.2, 0) is 4.74 Å². The Morgan fingerprint density at radius 1 is 1.37 bits per heavy atom. The van der Waals surface area contributed by atoms with E-state index in [2.05, 4.69) is 26.0 Å². The molecule has 1 atom stereocenters. The number of anilines is 2. The van der Waals surface area contributed by atoms with Crippen LogP contribution in [0, 0.1) is 11.6 Å². The number of methoxy groups -OCH3 is 1. The van der Waals surface area contributed by atoms with Crippen LogP contribution in [0.15, 0.2) is 17.2 Å². The Labute approximate surface area is 161 Å². The van der Waals surface area contributed by atoms with Crippen molar-refractivity contribution in [1.82, 2.24) is 10.3 Å². The summed E-state index contributed by atoms with van der Waals surface area (Å²) in [5.74, 6) is -1.84. The Bertz CT molecular complexity index is 860. The molecule has 0 amide bonds. The van der Waals surface area contributed by atoms with Gasteiger partial charge in [-0.15, -0.1) is 0 Å². The molecule has 0 aromatic rings. The summed E-state index contributed by atoms with van der Waals surface area (Å²) in [4.78, 5) is 7.69. The van der Waals surface area contributed by atoms with Crippen molar-refractivity contribution in [2.24, 2.45) is 0 Å². The van der Waals surface area contributed by atoms with Crippen molar-refractivity contribution < 1.29 is 13.5 Å². The maximum Gasteiger partial charge on any atom is 0.177 e. The molecular weight excluding hydrogens is 370 g/mol. The molecule has 0 bridgehead atoms. The summed E-state index contributed by atoms with van der Waals surface area (Å²) in [5.41, 5.74) is 3.95. The Kier molecular flexibility index (Phi) is 5.21. The fourth-order valence-electron chi connectivity index (χ4n) is 3.70. The van der Waals surface area contributed by atoms with Gasteiger partial charge in [-0.05, 0) is 37.4 Å². The fraction of sp³-hybridized carbons (Fsp3) is 0.421. The SMILES string of the molecule is COCC[C@H]1CN(c2c3ncc(F)c(F)cc-3c3c2C=C(C)SN3)CCN1. The van der Waals surface area contributed by atoms with Crippen molar-refractivity contribution in [2.75, 3.05) is 43.0 Å². The summed E-state index contributed by atoms with van der Waals surface area (Å²) < 4.78 is 36.4. The second kappa shape index (κ2) is 7.61. The molecule has 4 aliphatic rings. The molecule has 1 saturated heterocycles. The molecule has 8 heteroatoms. The number of fused-ring (bicyclic) bond motifs is 3. The maximum absolute atomic E-state index is 14.1. The lowest BCUT2D eigenvalue weighted by atomic mass is 10.1. The first-order chi connectivity index (χ1) is 13.1. The predicted molar refractivity (Wildman–Crippen MR) is 106 cm³/mol. The predicted octanol–water partition coefficient (Wildman–Crippen LogP) is 3.71. The van der Waals surface area contributed by atoms with E-state index < -0.39 is 11.6 Å². The highest BCUT2D eigenvalue weighted by molar-refractivity contribution is 8.04. The average Bonchev–Trinajstić information content (AvgIpc) is 2.88. The van der Waals surface area contributed by atoms with E-state index in [1.807, 2.05) is 6.92 Å². The lowest BCUT2D eigenvalue weighted by Crippen LogP contribution is -2.51. The highest BCUT2D eigenvalue weighted by Gasteiger charge is 2.31. The summed E-state index contributed by atoms with van der Waals surface area (Å²) in [6, 6.07) is 1.54. The molecule has 5 nitrogen and oxygen atoms in total. The normalized spacial score (nSPS) is 19.6. The maximum atomic E-state index is 14.1. The minimum atomic E-state index is -0.945. The molecule has 0 aromatic heterocycles. The number of nitrogens with one attached hydrogen (secondary N) is 2. The first-order valence-corrected chi connectivity index (χ1v) is 9.79. The number of piperazine rings is 1. The molecule has 0 spiro atoms. The molecule has 0 saturated carbocycles. The molecule has 3 aliphatic heterocycles. The topological polar surface area (TPSA) is 49.4 Å². The number of ether oxygens (including phenoxy) is 1. The lowest BCUT2D eigenvalue weighted by molar-refractivity contribution is 0.181. The summed E-state index contributed by atoms with van der Waals surface area (Å²) >= 11 is 1.47. The molecule has 1 aliphatic carbocycles. The van der Waals surface area contributed by atoms with Crippen LogP contribution in [0.4, 0.5) is 20.2 Å². The largest absolute Gasteiger partial charge is 0.385 e. The van der Waals surface area contributed by atoms with Gasteiger partial charge in [-0.3, -0.25) is 4.98 Å². The molecule has 144 valence electrons. The number of hydrogen-bond acceptors (Lipinski definition) is 6. The zero-order valence-corrected chi connectivity index (χ0v) is 16.1. The second-order valence-electron chi connectivity index (χ2n) is 6.84. The van der Waals surface area contributed by atoms with Crippen molar-refractivity contribution in [2.45, 2.75) is 19.4 Å². The quantitative estimate of drug-likeness (QED) is 0.774. The standard InChI is InChI=1S/C19H22F2N4OS/c1-11-7-14-17(24-27-11)13-8-15(20)16(21)9-23-18(13)19(14)25-5-4-22-12(10-25)3-6-26-2/h7-9,12,22,24H,3-6,10H2,1-2H3/t12-/m0/s1. The van der Waals surface area contributed by atoms with Crippen molar-refractivity contribution in [3.63, 3.8) is 0 Å². The number of hydrogen-bond donors (Lipinski definition) is 2. The van der Waals surface area contributed by atoms with Gasteiger partial charge in [-0.2, -0.15) is 0 Å². The van der Waals surface area contributed by atoms with Crippen LogP contribution < -0.4 is 14.9 Å². The summed E-state index contributed by atoms with van der Waals surface area (Å²) in [5, 5.41) is 3.51. The molecule has 2 N–H and O–H groups in total. The van der Waals surface area contributed by atoms with E-state index in [9.17, 15) is 8.78 Å². The minimum absolute atomic E-state index is 0.293. The van der Waals surface area contributed by atoms with Crippen LogP contribution >= 0.6 is 11.9 Å². The summed E-state index contributed by atoms with van der Waals surface area (Å²) in [7, 11) is 1.70. The van der Waals surface area contributed by atoms with Gasteiger partial charge in [-0.1, -0.05) is 0 Å². The molecule has 3 heterocycles.